The topological polar surface area (TPSA) is 88.5 Å². The van der Waals surface area contributed by atoms with Gasteiger partial charge in [0, 0.05) is 16.4 Å². The van der Waals surface area contributed by atoms with Crippen LogP contribution in [-0.4, -0.2) is 24.5 Å². The van der Waals surface area contributed by atoms with Gasteiger partial charge in [-0.15, -0.1) is 0 Å². The molecule has 0 bridgehead atoms. The number of halogens is 2. The molecule has 1 atom stereocenters. The summed E-state index contributed by atoms with van der Waals surface area (Å²) in [5.41, 5.74) is 2.25. The van der Waals surface area contributed by atoms with E-state index in [9.17, 15) is 9.18 Å². The number of rotatable bonds is 5. The molecule has 5 rings (SSSR count). The second-order valence-corrected chi connectivity index (χ2v) is 7.78. The first-order valence-corrected chi connectivity index (χ1v) is 10.4. The summed E-state index contributed by atoms with van der Waals surface area (Å²) in [5.74, 6) is 0.117. The smallest absolute Gasteiger partial charge is 0.263 e. The van der Waals surface area contributed by atoms with Gasteiger partial charge in [-0.2, -0.15) is 0 Å². The van der Waals surface area contributed by atoms with E-state index in [1.165, 1.54) is 18.5 Å². The van der Waals surface area contributed by atoms with Gasteiger partial charge < -0.3 is 10.3 Å². The van der Waals surface area contributed by atoms with Crippen molar-refractivity contribution in [1.82, 2.24) is 24.5 Å². The third-order valence-electron chi connectivity index (χ3n) is 5.39. The van der Waals surface area contributed by atoms with Crippen LogP contribution in [0.15, 0.2) is 66.0 Å². The van der Waals surface area contributed by atoms with Gasteiger partial charge >= 0.3 is 0 Å². The number of hydrogen-bond donors (Lipinski definition) is 2. The number of nitrogens with one attached hydrogen (secondary N) is 2. The molecule has 9 heteroatoms. The summed E-state index contributed by atoms with van der Waals surface area (Å²) in [6, 6.07) is 12.8. The van der Waals surface area contributed by atoms with E-state index < -0.39 is 5.82 Å². The first-order valence-electron chi connectivity index (χ1n) is 10.1. The molecule has 5 aromatic rings. The van der Waals surface area contributed by atoms with Crippen LogP contribution in [0.5, 0.6) is 0 Å². The lowest BCUT2D eigenvalue weighted by Crippen LogP contribution is -2.26. The second-order valence-electron chi connectivity index (χ2n) is 7.35. The van der Waals surface area contributed by atoms with E-state index >= 15 is 0 Å². The van der Waals surface area contributed by atoms with Crippen LogP contribution in [0.2, 0.25) is 5.02 Å². The zero-order valence-electron chi connectivity index (χ0n) is 17.0. The van der Waals surface area contributed by atoms with Gasteiger partial charge in [-0.25, -0.2) is 19.3 Å². The fourth-order valence-electron chi connectivity index (χ4n) is 3.84. The molecule has 2 aromatic carbocycles. The van der Waals surface area contributed by atoms with Crippen LogP contribution in [0.3, 0.4) is 0 Å². The van der Waals surface area contributed by atoms with E-state index in [-0.39, 0.29) is 11.6 Å². The maximum Gasteiger partial charge on any atom is 0.263 e. The largest absolute Gasteiger partial charge is 0.360 e. The van der Waals surface area contributed by atoms with Crippen LogP contribution in [0.25, 0.3) is 27.6 Å². The molecule has 0 aliphatic heterocycles. The fourth-order valence-corrected chi connectivity index (χ4v) is 3.96. The van der Waals surface area contributed by atoms with E-state index in [0.29, 0.717) is 50.6 Å². The van der Waals surface area contributed by atoms with Gasteiger partial charge in [0.25, 0.3) is 5.56 Å². The lowest BCUT2D eigenvalue weighted by Gasteiger charge is -2.23. The zero-order chi connectivity index (χ0) is 22.2. The Morgan fingerprint density at radius 2 is 1.94 bits per heavy atom. The monoisotopic (exact) mass is 448 g/mol. The highest BCUT2D eigenvalue weighted by Gasteiger charge is 2.20. The molecule has 3 heterocycles. The van der Waals surface area contributed by atoms with E-state index in [1.807, 2.05) is 13.0 Å². The molecular formula is C23H18ClFN6O. The van der Waals surface area contributed by atoms with Crippen molar-refractivity contribution in [2.45, 2.75) is 19.4 Å². The third kappa shape index (κ3) is 3.48. The average Bonchev–Trinajstić information content (AvgIpc) is 3.28. The molecule has 0 radical (unpaired) electrons. The molecular weight excluding hydrogens is 431 g/mol. The van der Waals surface area contributed by atoms with Crippen LogP contribution in [0.1, 0.15) is 25.1 Å². The molecule has 3 aromatic heterocycles. The first-order chi connectivity index (χ1) is 15.5. The molecule has 1 unspecified atom stereocenters. The minimum absolute atomic E-state index is 0.283. The predicted octanol–water partition coefficient (Wildman–Crippen LogP) is 5.01. The minimum Gasteiger partial charge on any atom is -0.360 e. The van der Waals surface area contributed by atoms with Gasteiger partial charge in [-0.3, -0.25) is 9.36 Å². The molecule has 32 heavy (non-hydrogen) atoms. The Balaban J connectivity index is 1.72. The van der Waals surface area contributed by atoms with Crippen molar-refractivity contribution in [3.8, 4) is 5.69 Å². The molecule has 0 spiro atoms. The van der Waals surface area contributed by atoms with E-state index in [1.54, 1.807) is 41.2 Å². The van der Waals surface area contributed by atoms with Gasteiger partial charge in [0.15, 0.2) is 11.5 Å². The average molecular weight is 449 g/mol. The van der Waals surface area contributed by atoms with Crippen molar-refractivity contribution < 1.29 is 4.39 Å². The fraction of sp³-hybridized carbons (Fsp3) is 0.130. The number of H-pyrrole nitrogens is 1. The quantitative estimate of drug-likeness (QED) is 0.394. The van der Waals surface area contributed by atoms with E-state index in [0.717, 1.165) is 0 Å². The van der Waals surface area contributed by atoms with Gasteiger partial charge in [0.1, 0.15) is 17.7 Å². The molecule has 7 nitrogen and oxygen atoms in total. The Bertz CT molecular complexity index is 1490. The summed E-state index contributed by atoms with van der Waals surface area (Å²) in [7, 11) is 0. The lowest BCUT2D eigenvalue weighted by atomic mass is 10.0. The standard InChI is InChI=1S/C23H18ClFN6O/c1-2-18(30-22-20-21(27-11-26-20)28-12-29-22)19-9-13-3-6-15(25)10-17(13)23(32)31(19)16-7-4-14(24)5-8-16/h3-12,18H,2H2,1H3,(H2,26,27,28,29,30). The van der Waals surface area contributed by atoms with Crippen LogP contribution >= 0.6 is 11.6 Å². The summed E-state index contributed by atoms with van der Waals surface area (Å²) in [6.45, 7) is 2.01. The highest BCUT2D eigenvalue weighted by molar-refractivity contribution is 6.30. The summed E-state index contributed by atoms with van der Waals surface area (Å²) in [4.78, 5) is 29.2. The van der Waals surface area contributed by atoms with Crippen molar-refractivity contribution in [2.24, 2.45) is 0 Å². The molecule has 0 amide bonds. The highest BCUT2D eigenvalue weighted by Crippen LogP contribution is 2.28. The van der Waals surface area contributed by atoms with Crippen molar-refractivity contribution >= 4 is 39.4 Å². The number of nitrogens with zero attached hydrogens (tertiary/aromatic N) is 4. The van der Waals surface area contributed by atoms with Crippen LogP contribution in [0, 0.1) is 5.82 Å². The molecule has 0 saturated carbocycles. The number of benzene rings is 2. The number of imidazole rings is 1. The molecule has 160 valence electrons. The minimum atomic E-state index is -0.460. The summed E-state index contributed by atoms with van der Waals surface area (Å²) in [5, 5.41) is 4.94. The Kier molecular flexibility index (Phi) is 5.07. The molecule has 0 aliphatic rings. The molecule has 0 aliphatic carbocycles. The first kappa shape index (κ1) is 20.1. The molecule has 0 fully saturated rings. The van der Waals surface area contributed by atoms with Crippen LogP contribution < -0.4 is 10.9 Å². The van der Waals surface area contributed by atoms with Gasteiger partial charge in [-0.05, 0) is 54.3 Å². The summed E-state index contributed by atoms with van der Waals surface area (Å²) < 4.78 is 15.5. The second kappa shape index (κ2) is 8.05. The third-order valence-corrected chi connectivity index (χ3v) is 5.65. The van der Waals surface area contributed by atoms with Gasteiger partial charge in [-0.1, -0.05) is 24.6 Å². The molecule has 2 N–H and O–H groups in total. The normalized spacial score (nSPS) is 12.3. The van der Waals surface area contributed by atoms with Crippen LogP contribution in [0.4, 0.5) is 10.2 Å². The lowest BCUT2D eigenvalue weighted by molar-refractivity contribution is 0.629. The molecule has 0 saturated heterocycles. The predicted molar refractivity (Wildman–Crippen MR) is 123 cm³/mol. The Morgan fingerprint density at radius 1 is 1.12 bits per heavy atom. The van der Waals surface area contributed by atoms with Gasteiger partial charge in [0.05, 0.1) is 17.8 Å². The number of aromatic nitrogens is 5. The Labute approximate surface area is 186 Å². The van der Waals surface area contributed by atoms with Crippen molar-refractivity contribution in [3.63, 3.8) is 0 Å². The maximum atomic E-state index is 13.9. The SMILES string of the molecule is CCC(Nc1ncnc2nc[nH]c12)c1cc2ccc(F)cc2c(=O)n1-c1ccc(Cl)cc1. The zero-order valence-corrected chi connectivity index (χ0v) is 17.8. The number of anilines is 1. The number of pyridine rings is 1. The Hall–Kier alpha value is -3.78. The van der Waals surface area contributed by atoms with E-state index in [2.05, 4.69) is 25.3 Å². The number of hydrogen-bond acceptors (Lipinski definition) is 5. The number of aromatic amines is 1. The van der Waals surface area contributed by atoms with Crippen molar-refractivity contribution in [3.05, 3.63) is 88.1 Å². The highest BCUT2D eigenvalue weighted by atomic mass is 35.5. The summed E-state index contributed by atoms with van der Waals surface area (Å²) in [6.07, 6.45) is 3.65. The van der Waals surface area contributed by atoms with Crippen molar-refractivity contribution in [1.29, 1.82) is 0 Å². The maximum absolute atomic E-state index is 13.9. The van der Waals surface area contributed by atoms with Crippen LogP contribution in [-0.2, 0) is 0 Å². The van der Waals surface area contributed by atoms with E-state index in [4.69, 9.17) is 11.6 Å². The summed E-state index contributed by atoms with van der Waals surface area (Å²) >= 11 is 6.06. The number of fused-ring (bicyclic) bond motifs is 2. The van der Waals surface area contributed by atoms with Crippen molar-refractivity contribution in [2.75, 3.05) is 5.32 Å². The Morgan fingerprint density at radius 3 is 2.72 bits per heavy atom. The van der Waals surface area contributed by atoms with Gasteiger partial charge in [0.2, 0.25) is 0 Å².